The van der Waals surface area contributed by atoms with Gasteiger partial charge in [-0.15, -0.1) is 0 Å². The number of hydrogen-bond donors (Lipinski definition) is 1. The third-order valence-electron chi connectivity index (χ3n) is 5.09. The van der Waals surface area contributed by atoms with Gasteiger partial charge in [-0.1, -0.05) is 0 Å². The summed E-state index contributed by atoms with van der Waals surface area (Å²) in [7, 11) is 0. The van der Waals surface area contributed by atoms with Crippen molar-refractivity contribution in [1.29, 1.82) is 0 Å². The van der Waals surface area contributed by atoms with Gasteiger partial charge >= 0.3 is 12.4 Å². The minimum Gasteiger partial charge on any atom is -0.371 e. The maximum atomic E-state index is 13.2. The Kier molecular flexibility index (Phi) is 6.99. The Morgan fingerprint density at radius 1 is 0.848 bits per heavy atom. The van der Waals surface area contributed by atoms with E-state index in [0.29, 0.717) is 18.2 Å². The van der Waals surface area contributed by atoms with Crippen molar-refractivity contribution < 1.29 is 39.9 Å². The van der Waals surface area contributed by atoms with Crippen LogP contribution < -0.4 is 10.2 Å². The molecule has 0 bridgehead atoms. The Bertz CT molecular complexity index is 985. The lowest BCUT2D eigenvalue weighted by Crippen LogP contribution is -2.44. The van der Waals surface area contributed by atoms with Crippen molar-refractivity contribution in [3.05, 3.63) is 70.8 Å². The van der Waals surface area contributed by atoms with Gasteiger partial charge < -0.3 is 10.2 Å². The summed E-state index contributed by atoms with van der Waals surface area (Å²) in [5, 5.41) is 2.66. The van der Waals surface area contributed by atoms with Crippen molar-refractivity contribution in [2.75, 3.05) is 18.0 Å². The number of alkyl halides is 6. The molecule has 0 aliphatic carbocycles. The molecule has 0 aromatic heterocycles. The van der Waals surface area contributed by atoms with Crippen LogP contribution in [0, 0.1) is 11.6 Å². The molecule has 11 heteroatoms. The summed E-state index contributed by atoms with van der Waals surface area (Å²) >= 11 is 0. The average molecular weight is 478 g/mol. The largest absolute Gasteiger partial charge is 0.416 e. The predicted molar refractivity (Wildman–Crippen MR) is 105 cm³/mol. The number of amides is 1. The lowest BCUT2D eigenvalue weighted by atomic mass is 10.0. The van der Waals surface area contributed by atoms with Crippen LogP contribution in [0.1, 0.15) is 29.5 Å². The fraction of sp³-hybridized carbons (Fsp3) is 0.318. The summed E-state index contributed by atoms with van der Waals surface area (Å²) in [6.45, 7) is 0.255. The molecule has 1 aliphatic rings. The number of rotatable bonds is 4. The minimum absolute atomic E-state index is 0.0767. The molecule has 178 valence electrons. The van der Waals surface area contributed by atoms with Gasteiger partial charge in [-0.05, 0) is 54.8 Å². The number of nitrogens with zero attached hydrogens (tertiary/aromatic N) is 1. The number of carbonyl (C=O) groups excluding carboxylic acids is 1. The van der Waals surface area contributed by atoms with Crippen LogP contribution in [0.15, 0.2) is 42.5 Å². The smallest absolute Gasteiger partial charge is 0.371 e. The molecule has 0 unspecified atom stereocenters. The van der Waals surface area contributed by atoms with E-state index in [4.69, 9.17) is 0 Å². The molecule has 1 fully saturated rings. The molecule has 0 radical (unpaired) electrons. The molecule has 33 heavy (non-hydrogen) atoms. The molecule has 2 aromatic carbocycles. The van der Waals surface area contributed by atoms with Gasteiger partial charge in [0.25, 0.3) is 0 Å². The van der Waals surface area contributed by atoms with Crippen LogP contribution in [0.3, 0.4) is 0 Å². The van der Waals surface area contributed by atoms with E-state index >= 15 is 0 Å². The van der Waals surface area contributed by atoms with Gasteiger partial charge in [0.1, 0.15) is 11.6 Å². The summed E-state index contributed by atoms with van der Waals surface area (Å²) < 4.78 is 105. The molecular formula is C22H18F8N2O. The van der Waals surface area contributed by atoms with Crippen molar-refractivity contribution in [3.63, 3.8) is 0 Å². The van der Waals surface area contributed by atoms with Crippen molar-refractivity contribution >= 4 is 17.7 Å². The van der Waals surface area contributed by atoms with E-state index in [0.717, 1.165) is 18.2 Å². The number of halogens is 8. The second-order valence-electron chi connectivity index (χ2n) is 7.57. The van der Waals surface area contributed by atoms with Gasteiger partial charge in [0.05, 0.1) is 11.1 Å². The first-order valence-electron chi connectivity index (χ1n) is 9.80. The molecule has 1 saturated heterocycles. The summed E-state index contributed by atoms with van der Waals surface area (Å²) in [6, 6.07) is 3.83. The number of hydrogen-bond acceptors (Lipinski definition) is 2. The summed E-state index contributed by atoms with van der Waals surface area (Å²) in [5.41, 5.74) is -2.83. The lowest BCUT2D eigenvalue weighted by molar-refractivity contribution is -0.143. The van der Waals surface area contributed by atoms with Crippen molar-refractivity contribution in [2.24, 2.45) is 0 Å². The molecule has 1 amide bonds. The SMILES string of the molecule is O=C(C=Cc1cc(F)cc(F)c1)NC1CCN(c2cc(C(F)(F)F)cc(C(F)(F)F)c2)CC1. The van der Waals surface area contributed by atoms with Crippen molar-refractivity contribution in [3.8, 4) is 0 Å². The maximum Gasteiger partial charge on any atom is 0.416 e. The Balaban J connectivity index is 1.63. The van der Waals surface area contributed by atoms with E-state index in [1.54, 1.807) is 0 Å². The third-order valence-corrected chi connectivity index (χ3v) is 5.09. The highest BCUT2D eigenvalue weighted by Crippen LogP contribution is 2.38. The third kappa shape index (κ3) is 6.69. The Morgan fingerprint density at radius 2 is 1.36 bits per heavy atom. The van der Waals surface area contributed by atoms with Crippen LogP contribution in [0.25, 0.3) is 6.08 Å². The molecule has 0 saturated carbocycles. The van der Waals surface area contributed by atoms with Gasteiger partial charge in [-0.25, -0.2) is 8.78 Å². The predicted octanol–water partition coefficient (Wildman–Crippen LogP) is 5.80. The molecule has 3 rings (SSSR count). The number of benzene rings is 2. The quantitative estimate of drug-likeness (QED) is 0.445. The van der Waals surface area contributed by atoms with Crippen LogP contribution >= 0.6 is 0 Å². The molecule has 2 aromatic rings. The van der Waals surface area contributed by atoms with Gasteiger partial charge in [-0.2, -0.15) is 26.3 Å². The zero-order valence-electron chi connectivity index (χ0n) is 16.9. The fourth-order valence-electron chi connectivity index (χ4n) is 3.50. The maximum absolute atomic E-state index is 13.2. The zero-order valence-corrected chi connectivity index (χ0v) is 16.9. The van der Waals surface area contributed by atoms with Crippen LogP contribution in [-0.4, -0.2) is 25.0 Å². The standard InChI is InChI=1S/C22H18F8N2O/c23-16-7-13(8-17(24)12-16)1-2-20(33)31-18-3-5-32(6-4-18)19-10-14(21(25,26)27)9-15(11-19)22(28,29)30/h1-2,7-12,18H,3-6H2,(H,31,33). The van der Waals surface area contributed by atoms with Gasteiger partial charge in [0.15, 0.2) is 0 Å². The molecule has 1 heterocycles. The molecule has 1 N–H and O–H groups in total. The molecule has 0 spiro atoms. The molecule has 0 atom stereocenters. The first kappa shape index (κ1) is 24.5. The zero-order chi connectivity index (χ0) is 24.4. The highest BCUT2D eigenvalue weighted by molar-refractivity contribution is 5.91. The number of nitrogens with one attached hydrogen (secondary N) is 1. The first-order valence-corrected chi connectivity index (χ1v) is 9.80. The first-order chi connectivity index (χ1) is 15.3. The van der Waals surface area contributed by atoms with Crippen LogP contribution in [0.5, 0.6) is 0 Å². The van der Waals surface area contributed by atoms with Crippen molar-refractivity contribution in [1.82, 2.24) is 5.32 Å². The lowest BCUT2D eigenvalue weighted by Gasteiger charge is -2.34. The number of anilines is 1. The van der Waals surface area contributed by atoms with Crippen LogP contribution in [-0.2, 0) is 17.1 Å². The monoisotopic (exact) mass is 478 g/mol. The second-order valence-corrected chi connectivity index (χ2v) is 7.57. The average Bonchev–Trinajstić information content (AvgIpc) is 2.70. The topological polar surface area (TPSA) is 32.3 Å². The Hall–Kier alpha value is -3.11. The van der Waals surface area contributed by atoms with Gasteiger partial charge in [0, 0.05) is 37.0 Å². The molecule has 3 nitrogen and oxygen atoms in total. The minimum atomic E-state index is -4.93. The summed E-state index contributed by atoms with van der Waals surface area (Å²) in [6.07, 6.45) is -6.99. The van der Waals surface area contributed by atoms with Crippen LogP contribution in [0.4, 0.5) is 40.8 Å². The fourth-order valence-corrected chi connectivity index (χ4v) is 3.50. The highest BCUT2D eigenvalue weighted by atomic mass is 19.4. The van der Waals surface area contributed by atoms with E-state index < -0.39 is 41.0 Å². The summed E-state index contributed by atoms with van der Waals surface area (Å²) in [5.74, 6) is -2.15. The molecular weight excluding hydrogens is 460 g/mol. The van der Waals surface area contributed by atoms with E-state index in [9.17, 15) is 39.9 Å². The normalized spacial score (nSPS) is 15.8. The van der Waals surface area contributed by atoms with E-state index in [1.807, 2.05) is 0 Å². The Labute approximate surface area is 183 Å². The van der Waals surface area contributed by atoms with Crippen molar-refractivity contribution in [2.45, 2.75) is 31.2 Å². The van der Waals surface area contributed by atoms with E-state index in [-0.39, 0.29) is 49.3 Å². The van der Waals surface area contributed by atoms with E-state index in [1.165, 1.54) is 11.0 Å². The summed E-state index contributed by atoms with van der Waals surface area (Å²) in [4.78, 5) is 13.5. The van der Waals surface area contributed by atoms with Gasteiger partial charge in [0.2, 0.25) is 5.91 Å². The molecule has 1 aliphatic heterocycles. The Morgan fingerprint density at radius 3 is 1.85 bits per heavy atom. The highest BCUT2D eigenvalue weighted by Gasteiger charge is 2.37. The second kappa shape index (κ2) is 9.40. The number of piperidine rings is 1. The van der Waals surface area contributed by atoms with E-state index in [2.05, 4.69) is 5.32 Å². The van der Waals surface area contributed by atoms with Crippen LogP contribution in [0.2, 0.25) is 0 Å². The van der Waals surface area contributed by atoms with Gasteiger partial charge in [-0.3, -0.25) is 4.79 Å². The number of carbonyl (C=O) groups is 1.